The Morgan fingerprint density at radius 1 is 1.45 bits per heavy atom. The second-order valence-corrected chi connectivity index (χ2v) is 6.13. The molecule has 6 heteroatoms. The van der Waals surface area contributed by atoms with Crippen molar-refractivity contribution in [3.63, 3.8) is 0 Å². The standard InChI is InChI=1S/C14H21ClN4O/c1-18(2)14(5-4-6-14)9-19(3)13(20)10-7-12(16)17-8-11(10)15/h7-8H,4-6,9H2,1-3H3,(H2,16,17). The van der Waals surface area contributed by atoms with E-state index in [0.717, 1.165) is 12.8 Å². The summed E-state index contributed by atoms with van der Waals surface area (Å²) >= 11 is 6.04. The van der Waals surface area contributed by atoms with E-state index in [-0.39, 0.29) is 11.4 Å². The SMILES string of the molecule is CN(CC1(N(C)C)CCC1)C(=O)c1cc(N)ncc1Cl. The predicted molar refractivity (Wildman–Crippen MR) is 80.9 cm³/mol. The monoisotopic (exact) mass is 296 g/mol. The number of amides is 1. The fraction of sp³-hybridized carbons (Fsp3) is 0.571. The summed E-state index contributed by atoms with van der Waals surface area (Å²) < 4.78 is 0. The van der Waals surface area contributed by atoms with Gasteiger partial charge in [-0.05, 0) is 39.4 Å². The van der Waals surface area contributed by atoms with Crippen molar-refractivity contribution in [2.45, 2.75) is 24.8 Å². The number of hydrogen-bond donors (Lipinski definition) is 1. The first-order chi connectivity index (χ1) is 9.35. The maximum atomic E-state index is 12.5. The molecular formula is C14H21ClN4O. The summed E-state index contributed by atoms with van der Waals surface area (Å²) in [7, 11) is 5.93. The second-order valence-electron chi connectivity index (χ2n) is 5.72. The van der Waals surface area contributed by atoms with E-state index in [2.05, 4.69) is 24.0 Å². The van der Waals surface area contributed by atoms with Crippen LogP contribution in [0.3, 0.4) is 0 Å². The quantitative estimate of drug-likeness (QED) is 0.921. The lowest BCUT2D eigenvalue weighted by molar-refractivity contribution is 0.0252. The molecule has 1 fully saturated rings. The van der Waals surface area contributed by atoms with Crippen LogP contribution in [0.2, 0.25) is 5.02 Å². The average Bonchev–Trinajstić information content (AvgIpc) is 2.35. The second kappa shape index (κ2) is 5.58. The lowest BCUT2D eigenvalue weighted by Gasteiger charge is -2.49. The largest absolute Gasteiger partial charge is 0.384 e. The molecule has 20 heavy (non-hydrogen) atoms. The van der Waals surface area contributed by atoms with Gasteiger partial charge in [0.15, 0.2) is 0 Å². The van der Waals surface area contributed by atoms with Crippen molar-refractivity contribution in [2.75, 3.05) is 33.4 Å². The first-order valence-electron chi connectivity index (χ1n) is 6.70. The van der Waals surface area contributed by atoms with Crippen molar-refractivity contribution < 1.29 is 4.79 Å². The highest BCUT2D eigenvalue weighted by molar-refractivity contribution is 6.33. The normalized spacial score (nSPS) is 16.9. The number of anilines is 1. The zero-order valence-electron chi connectivity index (χ0n) is 12.2. The Hall–Kier alpha value is -1.33. The predicted octanol–water partition coefficient (Wildman–Crippen LogP) is 1.87. The van der Waals surface area contributed by atoms with Crippen LogP contribution in [0.1, 0.15) is 29.6 Å². The summed E-state index contributed by atoms with van der Waals surface area (Å²) in [6, 6.07) is 1.53. The van der Waals surface area contributed by atoms with Gasteiger partial charge in [-0.15, -0.1) is 0 Å². The number of aromatic nitrogens is 1. The fourth-order valence-electron chi connectivity index (χ4n) is 2.67. The van der Waals surface area contributed by atoms with Crippen LogP contribution in [0, 0.1) is 0 Å². The molecule has 110 valence electrons. The van der Waals surface area contributed by atoms with Gasteiger partial charge in [0.1, 0.15) is 5.82 Å². The van der Waals surface area contributed by atoms with Gasteiger partial charge in [-0.25, -0.2) is 4.98 Å². The van der Waals surface area contributed by atoms with Gasteiger partial charge in [0.2, 0.25) is 0 Å². The maximum absolute atomic E-state index is 12.5. The number of rotatable bonds is 4. The van der Waals surface area contributed by atoms with Crippen LogP contribution in [-0.2, 0) is 0 Å². The molecule has 0 atom stereocenters. The molecule has 0 unspecified atom stereocenters. The fourth-order valence-corrected chi connectivity index (χ4v) is 2.85. The van der Waals surface area contributed by atoms with Crippen molar-refractivity contribution in [1.82, 2.24) is 14.8 Å². The van der Waals surface area contributed by atoms with Crippen LogP contribution < -0.4 is 5.73 Å². The zero-order chi connectivity index (χ0) is 14.9. The molecule has 0 aliphatic heterocycles. The van der Waals surface area contributed by atoms with E-state index in [1.54, 1.807) is 11.9 Å². The number of likely N-dealkylation sites (N-methyl/N-ethyl adjacent to an activating group) is 2. The molecule has 5 nitrogen and oxygen atoms in total. The lowest BCUT2D eigenvalue weighted by atomic mass is 9.75. The number of hydrogen-bond acceptors (Lipinski definition) is 4. The molecule has 1 aromatic heterocycles. The van der Waals surface area contributed by atoms with Gasteiger partial charge in [-0.3, -0.25) is 4.79 Å². The molecule has 1 aliphatic carbocycles. The van der Waals surface area contributed by atoms with E-state index in [0.29, 0.717) is 22.9 Å². The molecule has 0 spiro atoms. The number of nitrogen functional groups attached to an aromatic ring is 1. The highest BCUT2D eigenvalue weighted by Gasteiger charge is 2.40. The van der Waals surface area contributed by atoms with Gasteiger partial charge in [-0.2, -0.15) is 0 Å². The van der Waals surface area contributed by atoms with E-state index < -0.39 is 0 Å². The minimum Gasteiger partial charge on any atom is -0.384 e. The Morgan fingerprint density at radius 2 is 2.10 bits per heavy atom. The molecule has 1 amide bonds. The van der Waals surface area contributed by atoms with Crippen molar-refractivity contribution in [2.24, 2.45) is 0 Å². The van der Waals surface area contributed by atoms with Gasteiger partial charge in [0.25, 0.3) is 5.91 Å². The van der Waals surface area contributed by atoms with Crippen molar-refractivity contribution in [3.8, 4) is 0 Å². The number of nitrogens with two attached hydrogens (primary N) is 1. The topological polar surface area (TPSA) is 62.5 Å². The van der Waals surface area contributed by atoms with E-state index >= 15 is 0 Å². The number of halogens is 1. The van der Waals surface area contributed by atoms with Crippen LogP contribution >= 0.6 is 11.6 Å². The zero-order valence-corrected chi connectivity index (χ0v) is 12.9. The van der Waals surface area contributed by atoms with E-state index in [1.165, 1.54) is 18.7 Å². The highest BCUT2D eigenvalue weighted by Crippen LogP contribution is 2.37. The minimum atomic E-state index is -0.114. The molecule has 2 rings (SSSR count). The van der Waals surface area contributed by atoms with Crippen LogP contribution in [0.15, 0.2) is 12.3 Å². The maximum Gasteiger partial charge on any atom is 0.255 e. The Kier molecular flexibility index (Phi) is 4.20. The summed E-state index contributed by atoms with van der Waals surface area (Å²) in [5, 5.41) is 0.337. The third-order valence-corrected chi connectivity index (χ3v) is 4.52. The lowest BCUT2D eigenvalue weighted by Crippen LogP contribution is -2.57. The van der Waals surface area contributed by atoms with Gasteiger partial charge < -0.3 is 15.5 Å². The molecule has 0 saturated heterocycles. The van der Waals surface area contributed by atoms with Crippen LogP contribution in [0.25, 0.3) is 0 Å². The summed E-state index contributed by atoms with van der Waals surface area (Å²) in [5.41, 5.74) is 6.13. The molecule has 2 N–H and O–H groups in total. The summed E-state index contributed by atoms with van der Waals surface area (Å²) in [4.78, 5) is 20.3. The van der Waals surface area contributed by atoms with Crippen molar-refractivity contribution in [3.05, 3.63) is 22.8 Å². The van der Waals surface area contributed by atoms with Gasteiger partial charge in [0.05, 0.1) is 10.6 Å². The molecule has 1 heterocycles. The van der Waals surface area contributed by atoms with Gasteiger partial charge >= 0.3 is 0 Å². The number of carbonyl (C=O) groups is 1. The molecule has 1 aromatic rings. The van der Waals surface area contributed by atoms with Crippen LogP contribution in [0.4, 0.5) is 5.82 Å². The third kappa shape index (κ3) is 2.74. The van der Waals surface area contributed by atoms with Crippen LogP contribution in [0.5, 0.6) is 0 Å². The molecular weight excluding hydrogens is 276 g/mol. The third-order valence-electron chi connectivity index (χ3n) is 4.22. The van der Waals surface area contributed by atoms with Crippen LogP contribution in [-0.4, -0.2) is 53.9 Å². The van der Waals surface area contributed by atoms with Crippen molar-refractivity contribution >= 4 is 23.3 Å². The first-order valence-corrected chi connectivity index (χ1v) is 7.07. The summed E-state index contributed by atoms with van der Waals surface area (Å²) in [5.74, 6) is 0.189. The first kappa shape index (κ1) is 15.1. The Labute approximate surface area is 124 Å². The summed E-state index contributed by atoms with van der Waals surface area (Å²) in [6.45, 7) is 0.692. The molecule has 1 aliphatic rings. The Balaban J connectivity index is 2.14. The average molecular weight is 297 g/mol. The molecule has 0 aromatic carbocycles. The van der Waals surface area contributed by atoms with E-state index in [4.69, 9.17) is 17.3 Å². The van der Waals surface area contributed by atoms with Gasteiger partial charge in [0, 0.05) is 25.3 Å². The van der Waals surface area contributed by atoms with Crippen molar-refractivity contribution in [1.29, 1.82) is 0 Å². The Morgan fingerprint density at radius 3 is 2.60 bits per heavy atom. The number of carbonyl (C=O) groups excluding carboxylic acids is 1. The summed E-state index contributed by atoms with van der Waals surface area (Å²) in [6.07, 6.45) is 4.86. The van der Waals surface area contributed by atoms with E-state index in [1.807, 2.05) is 0 Å². The number of pyridine rings is 1. The Bertz CT molecular complexity index is 514. The van der Waals surface area contributed by atoms with E-state index in [9.17, 15) is 4.79 Å². The molecule has 0 radical (unpaired) electrons. The molecule has 1 saturated carbocycles. The molecule has 0 bridgehead atoms. The van der Waals surface area contributed by atoms with Gasteiger partial charge in [-0.1, -0.05) is 11.6 Å². The minimum absolute atomic E-state index is 0.0927. The number of nitrogens with zero attached hydrogens (tertiary/aromatic N) is 3. The highest BCUT2D eigenvalue weighted by atomic mass is 35.5. The smallest absolute Gasteiger partial charge is 0.255 e.